The van der Waals surface area contributed by atoms with Crippen LogP contribution in [0.5, 0.6) is 0 Å². The van der Waals surface area contributed by atoms with Gasteiger partial charge in [-0.15, -0.1) is 0 Å². The van der Waals surface area contributed by atoms with E-state index >= 15 is 0 Å². The Labute approximate surface area is 151 Å². The summed E-state index contributed by atoms with van der Waals surface area (Å²) in [5.74, 6) is 0.418. The van der Waals surface area contributed by atoms with E-state index in [0.717, 1.165) is 22.3 Å². The molecule has 1 aromatic heterocycles. The van der Waals surface area contributed by atoms with Crippen LogP contribution in [0.2, 0.25) is 0 Å². The highest BCUT2D eigenvalue weighted by Crippen LogP contribution is 2.15. The molecule has 0 saturated heterocycles. The Morgan fingerprint density at radius 3 is 2.44 bits per heavy atom. The summed E-state index contributed by atoms with van der Waals surface area (Å²) in [5, 5.41) is 11.5. The molecule has 0 unspecified atom stereocenters. The molecule has 25 heavy (non-hydrogen) atoms. The van der Waals surface area contributed by atoms with Gasteiger partial charge in [0.05, 0.1) is 6.21 Å². The van der Waals surface area contributed by atoms with Crippen LogP contribution in [0.3, 0.4) is 0 Å². The molecule has 0 amide bonds. The molecule has 6 heteroatoms. The number of aryl methyl sites for hydroxylation is 3. The van der Waals surface area contributed by atoms with Crippen LogP contribution in [0.1, 0.15) is 33.6 Å². The molecule has 1 N–H and O–H groups in total. The number of rotatable bonds is 4. The molecule has 0 radical (unpaired) electrons. The number of halogens is 1. The van der Waals surface area contributed by atoms with Crippen molar-refractivity contribution in [3.8, 4) is 0 Å². The van der Waals surface area contributed by atoms with Crippen molar-refractivity contribution >= 4 is 18.4 Å². The van der Waals surface area contributed by atoms with Gasteiger partial charge in [0.1, 0.15) is 5.82 Å². The van der Waals surface area contributed by atoms with Crippen LogP contribution in [0, 0.1) is 31.4 Å². The van der Waals surface area contributed by atoms with Crippen LogP contribution >= 0.6 is 12.2 Å². The minimum atomic E-state index is -0.258. The molecule has 3 rings (SSSR count). The molecule has 3 aromatic rings. The average molecular weight is 354 g/mol. The minimum absolute atomic E-state index is 0.258. The topological polar surface area (TPSA) is 46.0 Å². The van der Waals surface area contributed by atoms with Gasteiger partial charge in [0.15, 0.2) is 5.82 Å². The van der Waals surface area contributed by atoms with Crippen molar-refractivity contribution < 1.29 is 4.39 Å². The average Bonchev–Trinajstić information content (AvgIpc) is 2.89. The van der Waals surface area contributed by atoms with Crippen molar-refractivity contribution in [1.82, 2.24) is 14.9 Å². The third-order valence-electron chi connectivity index (χ3n) is 4.03. The van der Waals surface area contributed by atoms with Crippen LogP contribution in [0.4, 0.5) is 4.39 Å². The van der Waals surface area contributed by atoms with Crippen molar-refractivity contribution in [2.24, 2.45) is 5.10 Å². The van der Waals surface area contributed by atoms with Gasteiger partial charge in [-0.3, -0.25) is 5.10 Å². The zero-order valence-electron chi connectivity index (χ0n) is 14.4. The van der Waals surface area contributed by atoms with Crippen LogP contribution in [-0.2, 0) is 6.42 Å². The second-order valence-corrected chi connectivity index (χ2v) is 6.50. The molecular weight excluding hydrogens is 335 g/mol. The first-order chi connectivity index (χ1) is 11.9. The van der Waals surface area contributed by atoms with Gasteiger partial charge in [0.2, 0.25) is 4.77 Å². The molecule has 4 nitrogen and oxygen atoms in total. The third-order valence-corrected chi connectivity index (χ3v) is 4.30. The smallest absolute Gasteiger partial charge is 0.216 e. The summed E-state index contributed by atoms with van der Waals surface area (Å²) in [4.78, 5) is 0. The summed E-state index contributed by atoms with van der Waals surface area (Å²) < 4.78 is 15.1. The normalized spacial score (nSPS) is 11.4. The number of aromatic amines is 1. The Kier molecular flexibility index (Phi) is 4.90. The van der Waals surface area contributed by atoms with Crippen LogP contribution in [-0.4, -0.2) is 21.1 Å². The van der Waals surface area contributed by atoms with E-state index < -0.39 is 0 Å². The number of aromatic nitrogens is 3. The highest BCUT2D eigenvalue weighted by Gasteiger charge is 2.07. The van der Waals surface area contributed by atoms with Gasteiger partial charge >= 0.3 is 0 Å². The van der Waals surface area contributed by atoms with Gasteiger partial charge < -0.3 is 0 Å². The minimum Gasteiger partial charge on any atom is -0.250 e. The van der Waals surface area contributed by atoms with Gasteiger partial charge in [-0.25, -0.2) is 4.39 Å². The molecular formula is C19H19FN4S. The predicted octanol–water partition coefficient (Wildman–Crippen LogP) is 4.48. The largest absolute Gasteiger partial charge is 0.250 e. The van der Waals surface area contributed by atoms with E-state index in [-0.39, 0.29) is 5.82 Å². The monoisotopic (exact) mass is 354 g/mol. The summed E-state index contributed by atoms with van der Waals surface area (Å²) >= 11 is 5.28. The molecule has 0 spiro atoms. The van der Waals surface area contributed by atoms with Gasteiger partial charge in [0.25, 0.3) is 0 Å². The fourth-order valence-electron chi connectivity index (χ4n) is 2.85. The highest BCUT2D eigenvalue weighted by atomic mass is 32.1. The molecule has 0 fully saturated rings. The predicted molar refractivity (Wildman–Crippen MR) is 100 cm³/mol. The third kappa shape index (κ3) is 3.91. The first-order valence-electron chi connectivity index (χ1n) is 7.97. The van der Waals surface area contributed by atoms with Gasteiger partial charge in [0, 0.05) is 12.0 Å². The first kappa shape index (κ1) is 17.2. The maximum atomic E-state index is 13.1. The Morgan fingerprint density at radius 2 is 1.80 bits per heavy atom. The van der Waals surface area contributed by atoms with Crippen LogP contribution in [0.25, 0.3) is 0 Å². The van der Waals surface area contributed by atoms with E-state index in [4.69, 9.17) is 12.2 Å². The summed E-state index contributed by atoms with van der Waals surface area (Å²) in [7, 11) is 0. The van der Waals surface area contributed by atoms with Crippen molar-refractivity contribution in [1.29, 1.82) is 0 Å². The SMILES string of the molecule is Cc1cc(C)c(/C=N\n2c(Cc3ccc(F)cc3)n[nH]c2=S)c(C)c1. The van der Waals surface area contributed by atoms with E-state index in [2.05, 4.69) is 48.2 Å². The number of H-pyrrole nitrogens is 1. The standard InChI is InChI=1S/C19H19FN4S/c1-12-8-13(2)17(14(3)9-12)11-21-24-18(22-23-19(24)25)10-15-4-6-16(20)7-5-15/h4-9,11H,10H2,1-3H3,(H,23,25)/b21-11-. The first-order valence-corrected chi connectivity index (χ1v) is 8.38. The lowest BCUT2D eigenvalue weighted by Crippen LogP contribution is -2.02. The van der Waals surface area contributed by atoms with Crippen LogP contribution in [0.15, 0.2) is 41.5 Å². The number of nitrogens with zero attached hydrogens (tertiary/aromatic N) is 3. The summed E-state index contributed by atoms with van der Waals surface area (Å²) in [5.41, 5.74) is 5.56. The highest BCUT2D eigenvalue weighted by molar-refractivity contribution is 7.71. The fourth-order valence-corrected chi connectivity index (χ4v) is 3.05. The fraction of sp³-hybridized carbons (Fsp3) is 0.211. The zero-order valence-corrected chi connectivity index (χ0v) is 15.2. The molecule has 0 aliphatic carbocycles. The van der Waals surface area contributed by atoms with E-state index in [0.29, 0.717) is 17.0 Å². The van der Waals surface area contributed by atoms with Gasteiger partial charge in [-0.1, -0.05) is 29.8 Å². The molecule has 0 saturated carbocycles. The van der Waals surface area contributed by atoms with Crippen LogP contribution < -0.4 is 0 Å². The molecule has 2 aromatic carbocycles. The van der Waals surface area contributed by atoms with Crippen molar-refractivity contribution in [2.75, 3.05) is 0 Å². The molecule has 0 aliphatic heterocycles. The van der Waals surface area contributed by atoms with Crippen molar-refractivity contribution in [3.63, 3.8) is 0 Å². The van der Waals surface area contributed by atoms with E-state index in [1.165, 1.54) is 17.7 Å². The number of hydrogen-bond acceptors (Lipinski definition) is 3. The Morgan fingerprint density at radius 1 is 1.16 bits per heavy atom. The Hall–Kier alpha value is -2.60. The molecule has 128 valence electrons. The Balaban J connectivity index is 1.92. The van der Waals surface area contributed by atoms with E-state index in [9.17, 15) is 4.39 Å². The van der Waals surface area contributed by atoms with Gasteiger partial charge in [-0.05, 0) is 61.8 Å². The van der Waals surface area contributed by atoms with E-state index in [1.807, 2.05) is 6.21 Å². The Bertz CT molecular complexity index is 960. The lowest BCUT2D eigenvalue weighted by Gasteiger charge is -2.07. The van der Waals surface area contributed by atoms with Gasteiger partial charge in [-0.2, -0.15) is 14.9 Å². The summed E-state index contributed by atoms with van der Waals surface area (Å²) in [6.45, 7) is 6.21. The van der Waals surface area contributed by atoms with Crippen molar-refractivity contribution in [2.45, 2.75) is 27.2 Å². The number of hydrogen-bond donors (Lipinski definition) is 1. The molecule has 0 aliphatic rings. The maximum absolute atomic E-state index is 13.1. The zero-order chi connectivity index (χ0) is 18.0. The lowest BCUT2D eigenvalue weighted by molar-refractivity contribution is 0.627. The second-order valence-electron chi connectivity index (χ2n) is 6.12. The summed E-state index contributed by atoms with van der Waals surface area (Å²) in [6, 6.07) is 10.6. The molecule has 1 heterocycles. The number of nitrogens with one attached hydrogen (secondary N) is 1. The molecule has 0 bridgehead atoms. The number of benzene rings is 2. The summed E-state index contributed by atoms with van der Waals surface area (Å²) in [6.07, 6.45) is 2.32. The van der Waals surface area contributed by atoms with Crippen molar-refractivity contribution in [3.05, 3.63) is 80.6 Å². The molecule has 0 atom stereocenters. The van der Waals surface area contributed by atoms with E-state index in [1.54, 1.807) is 16.8 Å². The maximum Gasteiger partial charge on any atom is 0.216 e. The quantitative estimate of drug-likeness (QED) is 0.555. The second kappa shape index (κ2) is 7.11. The lowest BCUT2D eigenvalue weighted by atomic mass is 10.0.